The molecule has 0 aliphatic rings. The van der Waals surface area contributed by atoms with Crippen LogP contribution in [0.5, 0.6) is 0 Å². The summed E-state index contributed by atoms with van der Waals surface area (Å²) in [6, 6.07) is 6.74. The lowest BCUT2D eigenvalue weighted by Gasteiger charge is -2.14. The normalized spacial score (nSPS) is 13.3. The van der Waals surface area contributed by atoms with Crippen LogP contribution in [0.2, 0.25) is 0 Å². The number of aryl methyl sites for hydroxylation is 2. The first-order valence-electron chi connectivity index (χ1n) is 7.26. The zero-order valence-electron chi connectivity index (χ0n) is 13.2. The van der Waals surface area contributed by atoms with Crippen LogP contribution in [0.1, 0.15) is 30.0 Å². The fraction of sp³-hybridized carbons (Fsp3) is 0.250. The highest BCUT2D eigenvalue weighted by molar-refractivity contribution is 7.89. The van der Waals surface area contributed by atoms with Crippen LogP contribution in [0.15, 0.2) is 41.6 Å². The summed E-state index contributed by atoms with van der Waals surface area (Å²) in [5.74, 6) is 0.580. The third-order valence-corrected chi connectivity index (χ3v) is 5.12. The molecule has 3 aromatic rings. The summed E-state index contributed by atoms with van der Waals surface area (Å²) in [6.07, 6.45) is 3.26. The maximum Gasteiger partial charge on any atom is 0.243 e. The minimum atomic E-state index is -3.72. The summed E-state index contributed by atoms with van der Waals surface area (Å²) < 4.78 is 28.3. The molecule has 7 heteroatoms. The molecule has 0 aliphatic carbocycles. The van der Waals surface area contributed by atoms with E-state index in [-0.39, 0.29) is 4.90 Å². The van der Waals surface area contributed by atoms with Gasteiger partial charge >= 0.3 is 0 Å². The number of hydrogen-bond acceptors (Lipinski definition) is 4. The highest BCUT2D eigenvalue weighted by Crippen LogP contribution is 2.24. The average Bonchev–Trinajstić information content (AvgIpc) is 2.92. The van der Waals surface area contributed by atoms with Gasteiger partial charge in [-0.2, -0.15) is 0 Å². The molecule has 0 aliphatic heterocycles. The lowest BCUT2D eigenvalue weighted by atomic mass is 10.1. The lowest BCUT2D eigenvalue weighted by Crippen LogP contribution is -2.28. The fourth-order valence-electron chi connectivity index (χ4n) is 2.51. The second-order valence-corrected chi connectivity index (χ2v) is 7.32. The van der Waals surface area contributed by atoms with Gasteiger partial charge in [0, 0.05) is 23.5 Å². The second kappa shape index (κ2) is 5.75. The van der Waals surface area contributed by atoms with E-state index in [0.717, 1.165) is 16.6 Å². The van der Waals surface area contributed by atoms with Gasteiger partial charge in [-0.1, -0.05) is 6.07 Å². The Labute approximate surface area is 135 Å². The van der Waals surface area contributed by atoms with Gasteiger partial charge in [-0.25, -0.2) is 18.1 Å². The summed E-state index contributed by atoms with van der Waals surface area (Å²) >= 11 is 0. The van der Waals surface area contributed by atoms with Gasteiger partial charge < -0.3 is 4.98 Å². The quantitative estimate of drug-likeness (QED) is 0.770. The van der Waals surface area contributed by atoms with Crippen LogP contribution in [0.25, 0.3) is 10.9 Å². The largest absolute Gasteiger partial charge is 0.345 e. The summed E-state index contributed by atoms with van der Waals surface area (Å²) in [4.78, 5) is 11.6. The van der Waals surface area contributed by atoms with Gasteiger partial charge in [-0.3, -0.25) is 4.98 Å². The maximum atomic E-state index is 12.8. The Balaban J connectivity index is 2.03. The fourth-order valence-corrected chi connectivity index (χ4v) is 3.98. The third-order valence-electron chi connectivity index (χ3n) is 3.57. The molecule has 0 fully saturated rings. The number of pyridine rings is 1. The van der Waals surface area contributed by atoms with E-state index in [1.807, 2.05) is 26.0 Å². The van der Waals surface area contributed by atoms with E-state index in [9.17, 15) is 8.42 Å². The van der Waals surface area contributed by atoms with Crippen molar-refractivity contribution in [1.29, 1.82) is 0 Å². The maximum absolute atomic E-state index is 12.8. The van der Waals surface area contributed by atoms with E-state index in [1.54, 1.807) is 31.5 Å². The molecule has 0 saturated carbocycles. The Morgan fingerprint density at radius 2 is 2.00 bits per heavy atom. The van der Waals surface area contributed by atoms with Gasteiger partial charge in [0.25, 0.3) is 0 Å². The molecular weight excluding hydrogens is 312 g/mol. The second-order valence-electron chi connectivity index (χ2n) is 5.63. The molecule has 3 rings (SSSR count). The van der Waals surface area contributed by atoms with Crippen LogP contribution in [0.4, 0.5) is 0 Å². The van der Waals surface area contributed by atoms with Crippen LogP contribution in [-0.2, 0) is 10.0 Å². The van der Waals surface area contributed by atoms with Crippen molar-refractivity contribution in [1.82, 2.24) is 19.7 Å². The number of rotatable bonds is 4. The van der Waals surface area contributed by atoms with Crippen molar-refractivity contribution in [3.63, 3.8) is 0 Å². The Hall–Kier alpha value is -2.25. The lowest BCUT2D eigenvalue weighted by molar-refractivity contribution is 0.561. The predicted molar refractivity (Wildman–Crippen MR) is 88.5 cm³/mol. The Morgan fingerprint density at radius 3 is 2.70 bits per heavy atom. The molecule has 6 nitrogen and oxygen atoms in total. The van der Waals surface area contributed by atoms with Crippen LogP contribution in [0, 0.1) is 13.8 Å². The first-order chi connectivity index (χ1) is 10.9. The molecule has 1 atom stereocenters. The number of benzene rings is 1. The van der Waals surface area contributed by atoms with Crippen molar-refractivity contribution in [2.24, 2.45) is 0 Å². The van der Waals surface area contributed by atoms with Crippen molar-refractivity contribution in [3.8, 4) is 0 Å². The molecule has 0 spiro atoms. The van der Waals surface area contributed by atoms with Gasteiger partial charge in [0.05, 0.1) is 11.6 Å². The average molecular weight is 330 g/mol. The molecule has 23 heavy (non-hydrogen) atoms. The Morgan fingerprint density at radius 1 is 1.22 bits per heavy atom. The van der Waals surface area contributed by atoms with Crippen LogP contribution in [-0.4, -0.2) is 23.4 Å². The highest BCUT2D eigenvalue weighted by Gasteiger charge is 2.23. The molecule has 0 saturated heterocycles. The summed E-state index contributed by atoms with van der Waals surface area (Å²) in [7, 11) is -3.72. The van der Waals surface area contributed by atoms with Crippen LogP contribution < -0.4 is 4.72 Å². The monoisotopic (exact) mass is 330 g/mol. The van der Waals surface area contributed by atoms with Gasteiger partial charge in [-0.05, 0) is 44.5 Å². The SMILES string of the molecule is Cc1cc(S(=O)(=O)N[C@H](C)c2ncc(C)[nH]2)c2ncccc2c1. The van der Waals surface area contributed by atoms with Crippen molar-refractivity contribution in [3.05, 3.63) is 53.7 Å². The molecule has 0 amide bonds. The Bertz CT molecular complexity index is 963. The predicted octanol–water partition coefficient (Wildman–Crippen LogP) is 2.61. The smallest absolute Gasteiger partial charge is 0.243 e. The summed E-state index contributed by atoms with van der Waals surface area (Å²) in [6.45, 7) is 5.49. The van der Waals surface area contributed by atoms with Crippen molar-refractivity contribution in [2.75, 3.05) is 0 Å². The molecule has 2 aromatic heterocycles. The van der Waals surface area contributed by atoms with Gasteiger partial charge in [-0.15, -0.1) is 0 Å². The molecule has 2 heterocycles. The molecule has 0 radical (unpaired) electrons. The van der Waals surface area contributed by atoms with E-state index in [4.69, 9.17) is 0 Å². The molecule has 0 unspecified atom stereocenters. The number of nitrogens with zero attached hydrogens (tertiary/aromatic N) is 2. The zero-order valence-corrected chi connectivity index (χ0v) is 14.0. The minimum Gasteiger partial charge on any atom is -0.345 e. The van der Waals surface area contributed by atoms with Gasteiger partial charge in [0.2, 0.25) is 10.0 Å². The van der Waals surface area contributed by atoms with E-state index in [1.165, 1.54) is 0 Å². The van der Waals surface area contributed by atoms with Crippen molar-refractivity contribution < 1.29 is 8.42 Å². The Kier molecular flexibility index (Phi) is 3.91. The van der Waals surface area contributed by atoms with Crippen LogP contribution in [0.3, 0.4) is 0 Å². The number of hydrogen-bond donors (Lipinski definition) is 2. The number of aromatic amines is 1. The topological polar surface area (TPSA) is 87.7 Å². The van der Waals surface area contributed by atoms with Crippen molar-refractivity contribution in [2.45, 2.75) is 31.7 Å². The minimum absolute atomic E-state index is 0.184. The molecule has 1 aromatic carbocycles. The van der Waals surface area contributed by atoms with E-state index < -0.39 is 16.1 Å². The number of imidazole rings is 1. The molecule has 120 valence electrons. The van der Waals surface area contributed by atoms with Gasteiger partial charge in [0.15, 0.2) is 0 Å². The highest BCUT2D eigenvalue weighted by atomic mass is 32.2. The van der Waals surface area contributed by atoms with Crippen molar-refractivity contribution >= 4 is 20.9 Å². The number of aromatic nitrogens is 3. The first-order valence-corrected chi connectivity index (χ1v) is 8.74. The third kappa shape index (κ3) is 3.11. The first kappa shape index (κ1) is 15.6. The molecular formula is C16H18N4O2S. The number of fused-ring (bicyclic) bond motifs is 1. The van der Waals surface area contributed by atoms with E-state index >= 15 is 0 Å². The van der Waals surface area contributed by atoms with Crippen LogP contribution >= 0.6 is 0 Å². The molecule has 0 bridgehead atoms. The number of nitrogens with one attached hydrogen (secondary N) is 2. The molecule has 2 N–H and O–H groups in total. The van der Waals surface area contributed by atoms with E-state index in [2.05, 4.69) is 19.7 Å². The standard InChI is InChI=1S/C16H18N4O2S/c1-10-7-13-5-4-6-17-15(13)14(8-10)23(21,22)20-12(3)16-18-9-11(2)19-16/h4-9,12,20H,1-3H3,(H,18,19)/t12-/m1/s1. The number of sulfonamides is 1. The summed E-state index contributed by atoms with van der Waals surface area (Å²) in [5.41, 5.74) is 2.22. The van der Waals surface area contributed by atoms with E-state index in [0.29, 0.717) is 11.3 Å². The number of H-pyrrole nitrogens is 1. The zero-order chi connectivity index (χ0) is 16.6. The summed E-state index contributed by atoms with van der Waals surface area (Å²) in [5, 5.41) is 0.800. The van der Waals surface area contributed by atoms with Gasteiger partial charge in [0.1, 0.15) is 10.7 Å².